The third kappa shape index (κ3) is 3.63. The van der Waals surface area contributed by atoms with Crippen molar-refractivity contribution in [1.82, 2.24) is 0 Å². The second kappa shape index (κ2) is 6.60. The van der Waals surface area contributed by atoms with Gasteiger partial charge in [-0.25, -0.2) is 13.2 Å². The lowest BCUT2D eigenvalue weighted by Gasteiger charge is -2.24. The predicted octanol–water partition coefficient (Wildman–Crippen LogP) is 1.92. The van der Waals surface area contributed by atoms with Gasteiger partial charge in [-0.15, -0.1) is 0 Å². The summed E-state index contributed by atoms with van der Waals surface area (Å²) in [5.74, 6) is -1.04. The molecule has 1 rings (SSSR count). The van der Waals surface area contributed by atoms with Crippen LogP contribution in [0.5, 0.6) is 0 Å². The number of benzene rings is 1. The van der Waals surface area contributed by atoms with Crippen LogP contribution in [0.15, 0.2) is 18.2 Å². The van der Waals surface area contributed by atoms with Crippen molar-refractivity contribution in [1.29, 1.82) is 0 Å². The van der Waals surface area contributed by atoms with E-state index in [1.807, 2.05) is 6.92 Å². The van der Waals surface area contributed by atoms with E-state index in [4.69, 9.17) is 10.8 Å². The number of anilines is 2. The number of unbranched alkanes of at least 4 members (excludes halogenated alkanes) is 1. The van der Waals surface area contributed by atoms with E-state index < -0.39 is 16.0 Å². The van der Waals surface area contributed by atoms with Gasteiger partial charge in [0.25, 0.3) is 0 Å². The van der Waals surface area contributed by atoms with Crippen LogP contribution in [0.3, 0.4) is 0 Å². The largest absolute Gasteiger partial charge is 0.478 e. The summed E-state index contributed by atoms with van der Waals surface area (Å²) in [5.41, 5.74) is 6.30. The van der Waals surface area contributed by atoms with Crippen molar-refractivity contribution >= 4 is 27.4 Å². The van der Waals surface area contributed by atoms with Crippen LogP contribution in [0, 0.1) is 0 Å². The first-order valence-electron chi connectivity index (χ1n) is 6.46. The molecule has 0 aliphatic rings. The van der Waals surface area contributed by atoms with Crippen LogP contribution in [0.1, 0.15) is 37.0 Å². The van der Waals surface area contributed by atoms with E-state index in [1.165, 1.54) is 22.5 Å². The molecule has 0 bridgehead atoms. The smallest absolute Gasteiger partial charge is 0.335 e. The van der Waals surface area contributed by atoms with Gasteiger partial charge in [0, 0.05) is 6.54 Å². The minimum Gasteiger partial charge on any atom is -0.478 e. The van der Waals surface area contributed by atoms with Gasteiger partial charge in [-0.2, -0.15) is 0 Å². The van der Waals surface area contributed by atoms with Crippen LogP contribution in [-0.4, -0.2) is 31.8 Å². The van der Waals surface area contributed by atoms with Crippen LogP contribution < -0.4 is 10.0 Å². The summed E-state index contributed by atoms with van der Waals surface area (Å²) < 4.78 is 25.7. The monoisotopic (exact) mass is 300 g/mol. The number of sulfonamides is 1. The number of hydrogen-bond donors (Lipinski definition) is 2. The first-order valence-corrected chi connectivity index (χ1v) is 8.07. The number of nitrogen functional groups attached to an aromatic ring is 1. The van der Waals surface area contributed by atoms with Crippen LogP contribution >= 0.6 is 0 Å². The molecule has 0 atom stereocenters. The van der Waals surface area contributed by atoms with E-state index in [9.17, 15) is 13.2 Å². The average Bonchev–Trinajstić information content (AvgIpc) is 2.38. The Hall–Kier alpha value is -1.76. The first kappa shape index (κ1) is 16.3. The Morgan fingerprint density at radius 3 is 2.45 bits per heavy atom. The molecule has 0 aliphatic carbocycles. The molecule has 1 aromatic carbocycles. The fourth-order valence-corrected chi connectivity index (χ4v) is 3.60. The SMILES string of the molecule is CCCCS(=O)(=O)N(CC)c1ccc(C(=O)O)cc1N. The molecule has 0 fully saturated rings. The molecule has 7 heteroatoms. The van der Waals surface area contributed by atoms with E-state index in [1.54, 1.807) is 6.92 Å². The second-order valence-corrected chi connectivity index (χ2v) is 6.43. The maximum Gasteiger partial charge on any atom is 0.335 e. The summed E-state index contributed by atoms with van der Waals surface area (Å²) in [6.07, 6.45) is 1.36. The number of carboxylic acid groups (broad SMARTS) is 1. The van der Waals surface area contributed by atoms with Gasteiger partial charge in [0.2, 0.25) is 10.0 Å². The molecule has 0 aromatic heterocycles. The molecule has 0 spiro atoms. The fourth-order valence-electron chi connectivity index (χ4n) is 1.87. The van der Waals surface area contributed by atoms with Gasteiger partial charge in [0.15, 0.2) is 0 Å². The number of nitrogens with zero attached hydrogens (tertiary/aromatic N) is 1. The van der Waals surface area contributed by atoms with Gasteiger partial charge in [-0.05, 0) is 31.5 Å². The zero-order valence-corrected chi connectivity index (χ0v) is 12.5. The zero-order valence-electron chi connectivity index (χ0n) is 11.7. The fraction of sp³-hybridized carbons (Fsp3) is 0.462. The topological polar surface area (TPSA) is 101 Å². The van der Waals surface area contributed by atoms with Crippen LogP contribution in [0.2, 0.25) is 0 Å². The highest BCUT2D eigenvalue weighted by Crippen LogP contribution is 2.27. The van der Waals surface area contributed by atoms with Gasteiger partial charge >= 0.3 is 5.97 Å². The Balaban J connectivity index is 3.16. The Morgan fingerprint density at radius 1 is 1.35 bits per heavy atom. The van der Waals surface area contributed by atoms with E-state index in [-0.39, 0.29) is 23.5 Å². The number of carboxylic acids is 1. The molecule has 0 heterocycles. The zero-order chi connectivity index (χ0) is 15.3. The summed E-state index contributed by atoms with van der Waals surface area (Å²) in [6, 6.07) is 4.06. The summed E-state index contributed by atoms with van der Waals surface area (Å²) in [7, 11) is -3.44. The number of hydrogen-bond acceptors (Lipinski definition) is 4. The van der Waals surface area contributed by atoms with Crippen LogP contribution in [-0.2, 0) is 10.0 Å². The van der Waals surface area contributed by atoms with E-state index in [2.05, 4.69) is 0 Å². The molecule has 1 aromatic rings. The van der Waals surface area contributed by atoms with E-state index in [0.717, 1.165) is 6.42 Å². The standard InChI is InChI=1S/C13H20N2O4S/c1-3-5-8-20(18,19)15(4-2)12-7-6-10(13(16)17)9-11(12)14/h6-7,9H,3-5,8,14H2,1-2H3,(H,16,17). The highest BCUT2D eigenvalue weighted by atomic mass is 32.2. The molecular formula is C13H20N2O4S. The molecule has 0 saturated carbocycles. The lowest BCUT2D eigenvalue weighted by Crippen LogP contribution is -2.33. The minimum atomic E-state index is -3.44. The number of carbonyl (C=O) groups is 1. The normalized spacial score (nSPS) is 11.3. The molecule has 0 saturated heterocycles. The van der Waals surface area contributed by atoms with Gasteiger partial charge in [0.1, 0.15) is 0 Å². The van der Waals surface area contributed by atoms with Crippen molar-refractivity contribution in [3.8, 4) is 0 Å². The minimum absolute atomic E-state index is 0.0354. The average molecular weight is 300 g/mol. The predicted molar refractivity (Wildman–Crippen MR) is 79.5 cm³/mol. The molecule has 0 unspecified atom stereocenters. The maximum absolute atomic E-state index is 12.2. The number of nitrogens with two attached hydrogens (primary N) is 1. The molecule has 3 N–H and O–H groups in total. The Bertz CT molecular complexity index is 584. The molecule has 6 nitrogen and oxygen atoms in total. The lowest BCUT2D eigenvalue weighted by atomic mass is 10.2. The van der Waals surface area contributed by atoms with Gasteiger partial charge in [-0.3, -0.25) is 4.31 Å². The second-order valence-electron chi connectivity index (χ2n) is 4.41. The highest BCUT2D eigenvalue weighted by Gasteiger charge is 2.22. The summed E-state index contributed by atoms with van der Waals surface area (Å²) in [5, 5.41) is 8.88. The molecule has 0 aliphatic heterocycles. The summed E-state index contributed by atoms with van der Waals surface area (Å²) in [6.45, 7) is 3.89. The molecule has 0 amide bonds. The Labute approximate surface area is 119 Å². The number of rotatable bonds is 7. The molecular weight excluding hydrogens is 280 g/mol. The maximum atomic E-state index is 12.2. The van der Waals surface area contributed by atoms with Gasteiger partial charge in [-0.1, -0.05) is 13.3 Å². The van der Waals surface area contributed by atoms with E-state index >= 15 is 0 Å². The van der Waals surface area contributed by atoms with Crippen LogP contribution in [0.4, 0.5) is 11.4 Å². The van der Waals surface area contributed by atoms with Crippen molar-refractivity contribution in [2.75, 3.05) is 22.3 Å². The van der Waals surface area contributed by atoms with Crippen LogP contribution in [0.25, 0.3) is 0 Å². The van der Waals surface area contributed by atoms with Crippen molar-refractivity contribution in [3.05, 3.63) is 23.8 Å². The third-order valence-electron chi connectivity index (χ3n) is 2.92. The molecule has 0 radical (unpaired) electrons. The summed E-state index contributed by atoms with van der Waals surface area (Å²) >= 11 is 0. The summed E-state index contributed by atoms with van der Waals surface area (Å²) in [4.78, 5) is 10.9. The van der Waals surface area contributed by atoms with E-state index in [0.29, 0.717) is 12.1 Å². The Kier molecular flexibility index (Phi) is 5.38. The lowest BCUT2D eigenvalue weighted by molar-refractivity contribution is 0.0697. The van der Waals surface area contributed by atoms with Gasteiger partial charge < -0.3 is 10.8 Å². The third-order valence-corrected chi connectivity index (χ3v) is 4.85. The molecule has 20 heavy (non-hydrogen) atoms. The van der Waals surface area contributed by atoms with Crippen molar-refractivity contribution in [3.63, 3.8) is 0 Å². The quantitative estimate of drug-likeness (QED) is 0.749. The highest BCUT2D eigenvalue weighted by molar-refractivity contribution is 7.92. The van der Waals surface area contributed by atoms with Gasteiger partial charge in [0.05, 0.1) is 22.7 Å². The van der Waals surface area contributed by atoms with Crippen molar-refractivity contribution in [2.24, 2.45) is 0 Å². The first-order chi connectivity index (χ1) is 9.33. The molecule has 112 valence electrons. The van der Waals surface area contributed by atoms with Crippen molar-refractivity contribution < 1.29 is 18.3 Å². The number of aromatic carboxylic acids is 1. The Morgan fingerprint density at radius 2 is 2.00 bits per heavy atom. The van der Waals surface area contributed by atoms with Crippen molar-refractivity contribution in [2.45, 2.75) is 26.7 Å².